The number of hydrogen-bond acceptors (Lipinski definition) is 7. The van der Waals surface area contributed by atoms with Gasteiger partial charge in [-0.05, 0) is 45.1 Å². The molecule has 0 saturated heterocycles. The Morgan fingerprint density at radius 2 is 1.38 bits per heavy atom. The van der Waals surface area contributed by atoms with E-state index in [-0.39, 0.29) is 18.8 Å². The summed E-state index contributed by atoms with van der Waals surface area (Å²) in [6.45, 7) is 5.32. The lowest BCUT2D eigenvalue weighted by Gasteiger charge is -2.25. The van der Waals surface area contributed by atoms with Crippen LogP contribution in [0.25, 0.3) is 0 Å². The van der Waals surface area contributed by atoms with Crippen LogP contribution in [0.3, 0.4) is 0 Å². The van der Waals surface area contributed by atoms with E-state index in [0.717, 1.165) is 0 Å². The van der Waals surface area contributed by atoms with E-state index in [1.165, 1.54) is 6.92 Å². The standard InChI is InChI=1S/C20H37N5O7/c1-4-11(2)16(22)19(30)25-13(7-5-6-10-21)18(29)24-14(8-9-15(26)27)17(28)23-12(3)20(31)32/h11-14,16H,4-10,21-22H2,1-3H3,(H,23,28)(H,24,29)(H,25,30)(H,26,27)(H,31,32). The number of carboxylic acid groups (broad SMARTS) is 2. The van der Waals surface area contributed by atoms with Crippen LogP contribution in [0.15, 0.2) is 0 Å². The number of nitrogens with two attached hydrogens (primary N) is 2. The predicted octanol–water partition coefficient (Wildman–Crippen LogP) is -1.09. The summed E-state index contributed by atoms with van der Waals surface area (Å²) in [7, 11) is 0. The molecule has 0 radical (unpaired) electrons. The van der Waals surface area contributed by atoms with Crippen molar-refractivity contribution in [3.8, 4) is 0 Å². The number of amides is 3. The fourth-order valence-electron chi connectivity index (χ4n) is 2.73. The van der Waals surface area contributed by atoms with Crippen molar-refractivity contribution in [2.45, 2.75) is 83.5 Å². The van der Waals surface area contributed by atoms with Crippen LogP contribution in [0.1, 0.15) is 59.3 Å². The molecule has 5 atom stereocenters. The fourth-order valence-corrected chi connectivity index (χ4v) is 2.73. The zero-order valence-corrected chi connectivity index (χ0v) is 18.9. The van der Waals surface area contributed by atoms with Crippen molar-refractivity contribution >= 4 is 29.7 Å². The third kappa shape index (κ3) is 11.0. The molecule has 0 aromatic heterocycles. The number of carboxylic acids is 2. The van der Waals surface area contributed by atoms with Gasteiger partial charge in [0.15, 0.2) is 0 Å². The van der Waals surface area contributed by atoms with E-state index < -0.39 is 60.2 Å². The van der Waals surface area contributed by atoms with E-state index in [0.29, 0.717) is 25.8 Å². The monoisotopic (exact) mass is 459 g/mol. The highest BCUT2D eigenvalue weighted by Crippen LogP contribution is 2.08. The summed E-state index contributed by atoms with van der Waals surface area (Å²) in [5.41, 5.74) is 11.4. The Labute approximate surface area is 187 Å². The predicted molar refractivity (Wildman–Crippen MR) is 116 cm³/mol. The molecular formula is C20H37N5O7. The van der Waals surface area contributed by atoms with Crippen LogP contribution in [-0.2, 0) is 24.0 Å². The highest BCUT2D eigenvalue weighted by atomic mass is 16.4. The van der Waals surface area contributed by atoms with Crippen LogP contribution in [0.4, 0.5) is 0 Å². The number of nitrogens with one attached hydrogen (secondary N) is 3. The molecule has 0 bridgehead atoms. The normalized spacial score (nSPS) is 15.5. The molecule has 0 spiro atoms. The van der Waals surface area contributed by atoms with Gasteiger partial charge in [0, 0.05) is 6.42 Å². The lowest BCUT2D eigenvalue weighted by Crippen LogP contribution is -2.57. The maximum Gasteiger partial charge on any atom is 0.325 e. The minimum atomic E-state index is -1.29. The first-order valence-corrected chi connectivity index (χ1v) is 10.8. The second-order valence-corrected chi connectivity index (χ2v) is 7.82. The molecule has 0 aromatic rings. The summed E-state index contributed by atoms with van der Waals surface area (Å²) in [4.78, 5) is 59.7. The molecule has 0 fully saturated rings. The molecule has 0 aromatic carbocycles. The highest BCUT2D eigenvalue weighted by Gasteiger charge is 2.30. The van der Waals surface area contributed by atoms with Crippen molar-refractivity contribution in [3.63, 3.8) is 0 Å². The SMILES string of the molecule is CCC(C)C(N)C(=O)NC(CCCCN)C(=O)NC(CCC(=O)O)C(=O)NC(C)C(=O)O. The summed E-state index contributed by atoms with van der Waals surface area (Å²) in [6.07, 6.45) is 1.35. The zero-order chi connectivity index (χ0) is 24.8. The molecule has 0 rings (SSSR count). The Morgan fingerprint density at radius 1 is 0.844 bits per heavy atom. The molecule has 32 heavy (non-hydrogen) atoms. The van der Waals surface area contributed by atoms with E-state index in [1.807, 2.05) is 13.8 Å². The van der Waals surface area contributed by atoms with Gasteiger partial charge in [-0.15, -0.1) is 0 Å². The maximum absolute atomic E-state index is 12.9. The first kappa shape index (κ1) is 29.3. The van der Waals surface area contributed by atoms with Gasteiger partial charge in [0.25, 0.3) is 0 Å². The van der Waals surface area contributed by atoms with E-state index in [9.17, 15) is 24.0 Å². The van der Waals surface area contributed by atoms with E-state index in [4.69, 9.17) is 21.7 Å². The van der Waals surface area contributed by atoms with Crippen LogP contribution in [-0.4, -0.2) is 70.6 Å². The van der Waals surface area contributed by atoms with Crippen LogP contribution in [0.5, 0.6) is 0 Å². The molecule has 5 unspecified atom stereocenters. The number of carbonyl (C=O) groups excluding carboxylic acids is 3. The molecule has 12 nitrogen and oxygen atoms in total. The molecule has 9 N–H and O–H groups in total. The average molecular weight is 460 g/mol. The van der Waals surface area contributed by atoms with Crippen LogP contribution in [0.2, 0.25) is 0 Å². The molecule has 3 amide bonds. The highest BCUT2D eigenvalue weighted by molar-refractivity contribution is 5.94. The maximum atomic E-state index is 12.9. The number of unbranched alkanes of at least 4 members (excludes halogenated alkanes) is 1. The minimum Gasteiger partial charge on any atom is -0.481 e. The summed E-state index contributed by atoms with van der Waals surface area (Å²) >= 11 is 0. The molecule has 184 valence electrons. The fraction of sp³-hybridized carbons (Fsp3) is 0.750. The van der Waals surface area contributed by atoms with Gasteiger partial charge in [-0.2, -0.15) is 0 Å². The Bertz CT molecular complexity index is 658. The van der Waals surface area contributed by atoms with Gasteiger partial charge in [-0.3, -0.25) is 24.0 Å². The molecular weight excluding hydrogens is 422 g/mol. The number of aliphatic carboxylic acids is 2. The van der Waals surface area contributed by atoms with Crippen LogP contribution >= 0.6 is 0 Å². The largest absolute Gasteiger partial charge is 0.481 e. The van der Waals surface area contributed by atoms with Crippen molar-refractivity contribution in [3.05, 3.63) is 0 Å². The first-order valence-electron chi connectivity index (χ1n) is 10.8. The Morgan fingerprint density at radius 3 is 1.88 bits per heavy atom. The van der Waals surface area contributed by atoms with Crippen LogP contribution < -0.4 is 27.4 Å². The molecule has 0 aliphatic rings. The van der Waals surface area contributed by atoms with Gasteiger partial charge in [0.2, 0.25) is 17.7 Å². The number of hydrogen-bond donors (Lipinski definition) is 7. The van der Waals surface area contributed by atoms with E-state index in [1.54, 1.807) is 0 Å². The molecule has 0 heterocycles. The lowest BCUT2D eigenvalue weighted by molar-refractivity contribution is -0.142. The van der Waals surface area contributed by atoms with Crippen molar-refractivity contribution in [2.24, 2.45) is 17.4 Å². The topological polar surface area (TPSA) is 214 Å². The van der Waals surface area contributed by atoms with Crippen molar-refractivity contribution in [1.29, 1.82) is 0 Å². The van der Waals surface area contributed by atoms with E-state index >= 15 is 0 Å². The molecule has 0 aliphatic carbocycles. The smallest absolute Gasteiger partial charge is 0.325 e. The summed E-state index contributed by atoms with van der Waals surface area (Å²) in [5, 5.41) is 25.2. The molecule has 12 heteroatoms. The van der Waals surface area contributed by atoms with Crippen molar-refractivity contribution in [2.75, 3.05) is 6.54 Å². The quantitative estimate of drug-likeness (QED) is 0.139. The first-order chi connectivity index (χ1) is 14.9. The van der Waals surface area contributed by atoms with Gasteiger partial charge in [-0.1, -0.05) is 20.3 Å². The third-order valence-electron chi connectivity index (χ3n) is 5.15. The number of carbonyl (C=O) groups is 5. The number of rotatable bonds is 16. The average Bonchev–Trinajstić information content (AvgIpc) is 2.73. The summed E-state index contributed by atoms with van der Waals surface area (Å²) in [6, 6.07) is -4.37. The van der Waals surface area contributed by atoms with Crippen LogP contribution in [0, 0.1) is 5.92 Å². The Hall–Kier alpha value is -2.73. The molecule has 0 aliphatic heterocycles. The van der Waals surface area contributed by atoms with E-state index in [2.05, 4.69) is 16.0 Å². The van der Waals surface area contributed by atoms with Crippen molar-refractivity contribution < 1.29 is 34.2 Å². The third-order valence-corrected chi connectivity index (χ3v) is 5.15. The molecule has 0 saturated carbocycles. The zero-order valence-electron chi connectivity index (χ0n) is 18.9. The Kier molecular flexibility index (Phi) is 13.8. The summed E-state index contributed by atoms with van der Waals surface area (Å²) < 4.78 is 0. The lowest BCUT2D eigenvalue weighted by atomic mass is 9.98. The summed E-state index contributed by atoms with van der Waals surface area (Å²) in [5.74, 6) is -4.63. The van der Waals surface area contributed by atoms with Gasteiger partial charge < -0.3 is 37.6 Å². The minimum absolute atomic E-state index is 0.116. The van der Waals surface area contributed by atoms with Gasteiger partial charge >= 0.3 is 11.9 Å². The van der Waals surface area contributed by atoms with Gasteiger partial charge in [0.05, 0.1) is 6.04 Å². The Balaban J connectivity index is 5.44. The second-order valence-electron chi connectivity index (χ2n) is 7.82. The van der Waals surface area contributed by atoms with Crippen molar-refractivity contribution in [1.82, 2.24) is 16.0 Å². The van der Waals surface area contributed by atoms with Gasteiger partial charge in [0.1, 0.15) is 18.1 Å². The van der Waals surface area contributed by atoms with Gasteiger partial charge in [-0.25, -0.2) is 0 Å². The second kappa shape index (κ2) is 15.1.